The number of carbonyl (C=O) groups excluding carboxylic acids is 1. The summed E-state index contributed by atoms with van der Waals surface area (Å²) in [5.41, 5.74) is 0.797. The Morgan fingerprint density at radius 2 is 2.19 bits per heavy atom. The van der Waals surface area contributed by atoms with Crippen molar-refractivity contribution in [3.8, 4) is 5.75 Å². The van der Waals surface area contributed by atoms with E-state index >= 15 is 0 Å². The summed E-state index contributed by atoms with van der Waals surface area (Å²) >= 11 is 0. The van der Waals surface area contributed by atoms with Crippen molar-refractivity contribution in [2.75, 3.05) is 6.61 Å². The number of halogens is 1. The third-order valence-corrected chi connectivity index (χ3v) is 3.22. The van der Waals surface area contributed by atoms with Crippen LogP contribution in [0.5, 0.6) is 5.75 Å². The first-order valence-electron chi connectivity index (χ1n) is 7.48. The fourth-order valence-electron chi connectivity index (χ4n) is 2.02. The molecule has 1 aliphatic carbocycles. The second kappa shape index (κ2) is 7.41. The van der Waals surface area contributed by atoms with Crippen LogP contribution in [0.15, 0.2) is 18.2 Å². The van der Waals surface area contributed by atoms with Crippen LogP contribution in [-0.2, 0) is 11.3 Å². The summed E-state index contributed by atoms with van der Waals surface area (Å²) in [5, 5.41) is 6.15. The van der Waals surface area contributed by atoms with E-state index in [1.165, 1.54) is 25.0 Å². The molecule has 0 bridgehead atoms. The molecule has 0 atom stereocenters. The fourth-order valence-corrected chi connectivity index (χ4v) is 2.02. The highest BCUT2D eigenvalue weighted by molar-refractivity contribution is 5.76. The van der Waals surface area contributed by atoms with Gasteiger partial charge in [-0.3, -0.25) is 4.79 Å². The molecule has 0 aliphatic heterocycles. The molecule has 0 heterocycles. The topological polar surface area (TPSA) is 50.4 Å². The molecule has 1 fully saturated rings. The van der Waals surface area contributed by atoms with E-state index in [1.54, 1.807) is 6.07 Å². The Bertz CT molecular complexity index is 487. The summed E-state index contributed by atoms with van der Waals surface area (Å²) in [5.74, 6) is 0.333. The van der Waals surface area contributed by atoms with E-state index in [9.17, 15) is 9.18 Å². The zero-order valence-electron chi connectivity index (χ0n) is 12.6. The van der Waals surface area contributed by atoms with Crippen molar-refractivity contribution in [3.05, 3.63) is 29.6 Å². The van der Waals surface area contributed by atoms with Crippen LogP contribution in [0.3, 0.4) is 0 Å². The highest BCUT2D eigenvalue weighted by Gasteiger charge is 2.20. The van der Waals surface area contributed by atoms with Crippen molar-refractivity contribution in [3.63, 3.8) is 0 Å². The second-order valence-electron chi connectivity index (χ2n) is 5.73. The van der Waals surface area contributed by atoms with Gasteiger partial charge in [0.2, 0.25) is 5.91 Å². The summed E-state index contributed by atoms with van der Waals surface area (Å²) in [7, 11) is 0. The van der Waals surface area contributed by atoms with Crippen LogP contribution < -0.4 is 15.4 Å². The van der Waals surface area contributed by atoms with Gasteiger partial charge in [-0.25, -0.2) is 4.39 Å². The number of benzene rings is 1. The minimum Gasteiger partial charge on any atom is -0.493 e. The molecular formula is C16H23FN2O2. The molecule has 0 saturated heterocycles. The van der Waals surface area contributed by atoms with Gasteiger partial charge in [0.25, 0.3) is 0 Å². The van der Waals surface area contributed by atoms with Crippen LogP contribution in [0, 0.1) is 5.82 Å². The van der Waals surface area contributed by atoms with E-state index in [0.717, 1.165) is 5.56 Å². The van der Waals surface area contributed by atoms with Crippen molar-refractivity contribution in [2.45, 2.75) is 51.7 Å². The monoisotopic (exact) mass is 294 g/mol. The second-order valence-corrected chi connectivity index (χ2v) is 5.73. The standard InChI is InChI=1S/C16H23FN2O2/c1-11(2)19-16(20)7-8-21-15-6-3-13(17)9-12(15)10-18-14-4-5-14/h3,6,9,11,14,18H,4-5,7-8,10H2,1-2H3,(H,19,20). The van der Waals surface area contributed by atoms with E-state index in [-0.39, 0.29) is 17.8 Å². The predicted octanol–water partition coefficient (Wildman–Crippen LogP) is 2.37. The molecule has 1 aromatic carbocycles. The zero-order valence-corrected chi connectivity index (χ0v) is 12.6. The Labute approximate surface area is 125 Å². The van der Waals surface area contributed by atoms with Crippen molar-refractivity contribution in [1.29, 1.82) is 0 Å². The maximum absolute atomic E-state index is 13.3. The number of nitrogens with one attached hydrogen (secondary N) is 2. The Balaban J connectivity index is 1.84. The molecule has 0 radical (unpaired) electrons. The van der Waals surface area contributed by atoms with Crippen molar-refractivity contribution in [2.24, 2.45) is 0 Å². The molecule has 4 nitrogen and oxygen atoms in total. The van der Waals surface area contributed by atoms with Gasteiger partial charge in [0.05, 0.1) is 13.0 Å². The van der Waals surface area contributed by atoms with Gasteiger partial charge in [-0.2, -0.15) is 0 Å². The van der Waals surface area contributed by atoms with E-state index in [1.807, 2.05) is 13.8 Å². The average molecular weight is 294 g/mol. The Kier molecular flexibility index (Phi) is 5.56. The molecule has 2 rings (SSSR count). The summed E-state index contributed by atoms with van der Waals surface area (Å²) < 4.78 is 19.0. The van der Waals surface area contributed by atoms with Crippen LogP contribution in [0.4, 0.5) is 4.39 Å². The number of carbonyl (C=O) groups is 1. The molecule has 1 saturated carbocycles. The minimum atomic E-state index is -0.271. The van der Waals surface area contributed by atoms with E-state index in [0.29, 0.717) is 31.4 Å². The lowest BCUT2D eigenvalue weighted by atomic mass is 10.2. The number of hydrogen-bond acceptors (Lipinski definition) is 3. The molecule has 1 aromatic rings. The molecule has 1 amide bonds. The lowest BCUT2D eigenvalue weighted by Crippen LogP contribution is -2.31. The van der Waals surface area contributed by atoms with Crippen molar-refractivity contribution >= 4 is 5.91 Å². The van der Waals surface area contributed by atoms with E-state index < -0.39 is 0 Å². The van der Waals surface area contributed by atoms with Gasteiger partial charge in [0.15, 0.2) is 0 Å². The molecule has 2 N–H and O–H groups in total. The van der Waals surface area contributed by atoms with Gasteiger partial charge in [-0.15, -0.1) is 0 Å². The largest absolute Gasteiger partial charge is 0.493 e. The highest BCUT2D eigenvalue weighted by atomic mass is 19.1. The molecule has 0 aromatic heterocycles. The lowest BCUT2D eigenvalue weighted by Gasteiger charge is -2.13. The summed E-state index contributed by atoms with van der Waals surface area (Å²) in [6, 6.07) is 5.17. The maximum atomic E-state index is 13.3. The van der Waals surface area contributed by atoms with Gasteiger partial charge >= 0.3 is 0 Å². The smallest absolute Gasteiger partial charge is 0.223 e. The predicted molar refractivity (Wildman–Crippen MR) is 79.7 cm³/mol. The van der Waals surface area contributed by atoms with Gasteiger partial charge < -0.3 is 15.4 Å². The molecular weight excluding hydrogens is 271 g/mol. The number of amides is 1. The third-order valence-electron chi connectivity index (χ3n) is 3.22. The minimum absolute atomic E-state index is 0.0373. The first-order valence-corrected chi connectivity index (χ1v) is 7.48. The molecule has 1 aliphatic rings. The average Bonchev–Trinajstić information content (AvgIpc) is 3.21. The van der Waals surface area contributed by atoms with E-state index in [4.69, 9.17) is 4.74 Å². The Morgan fingerprint density at radius 3 is 2.86 bits per heavy atom. The molecule has 21 heavy (non-hydrogen) atoms. The summed E-state index contributed by atoms with van der Waals surface area (Å²) in [6.07, 6.45) is 2.66. The fraction of sp³-hybridized carbons (Fsp3) is 0.562. The van der Waals surface area contributed by atoms with Crippen LogP contribution in [0.25, 0.3) is 0 Å². The van der Waals surface area contributed by atoms with Gasteiger partial charge in [-0.05, 0) is 44.9 Å². The summed E-state index contributed by atoms with van der Waals surface area (Å²) in [4.78, 5) is 11.5. The molecule has 116 valence electrons. The van der Waals surface area contributed by atoms with Gasteiger partial charge in [-0.1, -0.05) is 0 Å². The van der Waals surface area contributed by atoms with Crippen LogP contribution >= 0.6 is 0 Å². The number of hydrogen-bond donors (Lipinski definition) is 2. The van der Waals surface area contributed by atoms with Gasteiger partial charge in [0, 0.05) is 24.2 Å². The Hall–Kier alpha value is -1.62. The first kappa shape index (κ1) is 15.8. The SMILES string of the molecule is CC(C)NC(=O)CCOc1ccc(F)cc1CNC1CC1. The first-order chi connectivity index (χ1) is 10.0. The molecule has 0 unspecified atom stereocenters. The molecule has 0 spiro atoms. The number of ether oxygens (including phenoxy) is 1. The van der Waals surface area contributed by atoms with Crippen LogP contribution in [0.1, 0.15) is 38.7 Å². The molecule has 5 heteroatoms. The van der Waals surface area contributed by atoms with Gasteiger partial charge in [0.1, 0.15) is 11.6 Å². The quantitative estimate of drug-likeness (QED) is 0.774. The number of rotatable bonds is 8. The lowest BCUT2D eigenvalue weighted by molar-refractivity contribution is -0.122. The zero-order chi connectivity index (χ0) is 15.2. The van der Waals surface area contributed by atoms with Crippen LogP contribution in [-0.4, -0.2) is 24.6 Å². The highest BCUT2D eigenvalue weighted by Crippen LogP contribution is 2.23. The Morgan fingerprint density at radius 1 is 1.43 bits per heavy atom. The third kappa shape index (κ3) is 5.71. The van der Waals surface area contributed by atoms with E-state index in [2.05, 4.69) is 10.6 Å². The maximum Gasteiger partial charge on any atom is 0.223 e. The van der Waals surface area contributed by atoms with Crippen LogP contribution in [0.2, 0.25) is 0 Å². The van der Waals surface area contributed by atoms with Crippen molar-refractivity contribution < 1.29 is 13.9 Å². The van der Waals surface area contributed by atoms with Crippen molar-refractivity contribution in [1.82, 2.24) is 10.6 Å². The summed E-state index contributed by atoms with van der Waals surface area (Å²) in [6.45, 7) is 4.72. The normalized spacial score (nSPS) is 14.3.